The number of Topliss-reactive ketones (excluding diaryl/α,β-unsaturated/α-hetero) is 1. The minimum atomic E-state index is -4.33. The predicted molar refractivity (Wildman–Crippen MR) is 125 cm³/mol. The number of rotatable bonds is 6. The van der Waals surface area contributed by atoms with Gasteiger partial charge in [-0.1, -0.05) is 43.8 Å². The molecule has 2 saturated carbocycles. The first kappa shape index (κ1) is 25.6. The lowest BCUT2D eigenvalue weighted by Gasteiger charge is -2.37. The van der Waals surface area contributed by atoms with Crippen molar-refractivity contribution < 1.29 is 22.3 Å². The number of hydrogen-bond acceptors (Lipinski definition) is 6. The smallest absolute Gasteiger partial charge is 0.178 e. The van der Waals surface area contributed by atoms with Gasteiger partial charge in [-0.25, -0.2) is 13.0 Å². The van der Waals surface area contributed by atoms with E-state index in [0.29, 0.717) is 12.8 Å². The number of allylic oxidation sites excluding steroid dienone is 1. The number of nitrogens with zero attached hydrogens (tertiary/aromatic N) is 2. The Hall–Kier alpha value is -1.64. The van der Waals surface area contributed by atoms with Crippen molar-refractivity contribution in [2.75, 3.05) is 33.9 Å². The lowest BCUT2D eigenvalue weighted by Crippen LogP contribution is -2.42. The lowest BCUT2D eigenvalue weighted by atomic mass is 9.70. The molecule has 2 fully saturated rings. The summed E-state index contributed by atoms with van der Waals surface area (Å²) in [5.41, 5.74) is -1.22. The number of fused-ring (bicyclic) bond motifs is 2. The number of carbonyl (C=O) groups excluding carboxylic acids is 1. The van der Waals surface area contributed by atoms with Crippen LogP contribution in [-0.2, 0) is 14.9 Å². The number of thioether (sulfide) groups is 1. The van der Waals surface area contributed by atoms with E-state index in [4.69, 9.17) is 0 Å². The summed E-state index contributed by atoms with van der Waals surface area (Å²) in [4.78, 5) is 16.4. The van der Waals surface area contributed by atoms with Gasteiger partial charge in [0.2, 0.25) is 0 Å². The topological polar surface area (TPSA) is 80.5 Å². The molecule has 0 amide bonds. The van der Waals surface area contributed by atoms with Gasteiger partial charge in [0, 0.05) is 37.0 Å². The van der Waals surface area contributed by atoms with E-state index in [9.17, 15) is 17.8 Å². The minimum absolute atomic E-state index is 0.0248. The average Bonchev–Trinajstić information content (AvgIpc) is 2.95. The summed E-state index contributed by atoms with van der Waals surface area (Å²) in [5.74, 6) is -0.280. The zero-order valence-corrected chi connectivity index (χ0v) is 20.9. The highest BCUT2D eigenvalue weighted by Crippen LogP contribution is 2.64. The van der Waals surface area contributed by atoms with Crippen LogP contribution in [0.5, 0.6) is 0 Å². The van der Waals surface area contributed by atoms with E-state index in [0.717, 1.165) is 6.42 Å². The SMILES string of the molecule is CC1(C)C2CCC1(CS(=O)(=O)[O-])C(=O)C2.CN(C)/C=C(/C=[N+](C)C)Sc1ccccc1. The van der Waals surface area contributed by atoms with E-state index in [-0.39, 0.29) is 17.1 Å². The van der Waals surface area contributed by atoms with Crippen LogP contribution in [0.25, 0.3) is 0 Å². The molecule has 31 heavy (non-hydrogen) atoms. The summed E-state index contributed by atoms with van der Waals surface area (Å²) in [6.45, 7) is 3.83. The molecule has 2 atom stereocenters. The van der Waals surface area contributed by atoms with Crippen LogP contribution in [0.1, 0.15) is 33.1 Å². The number of hydrogen-bond donors (Lipinski definition) is 0. The molecule has 0 aromatic heterocycles. The van der Waals surface area contributed by atoms with Crippen LogP contribution in [0, 0.1) is 16.7 Å². The van der Waals surface area contributed by atoms with Crippen LogP contribution in [-0.4, -0.2) is 68.4 Å². The highest BCUT2D eigenvalue weighted by atomic mass is 32.2. The first-order valence-corrected chi connectivity index (χ1v) is 12.8. The van der Waals surface area contributed by atoms with E-state index in [2.05, 4.69) is 46.2 Å². The van der Waals surface area contributed by atoms with Crippen molar-refractivity contribution in [2.45, 2.75) is 38.0 Å². The zero-order valence-electron chi connectivity index (χ0n) is 19.3. The Kier molecular flexibility index (Phi) is 8.16. The third kappa shape index (κ3) is 6.43. The van der Waals surface area contributed by atoms with Gasteiger partial charge in [-0.3, -0.25) is 4.79 Å². The molecule has 8 heteroatoms. The van der Waals surface area contributed by atoms with E-state index < -0.39 is 21.3 Å². The summed E-state index contributed by atoms with van der Waals surface area (Å²) in [7, 11) is 3.82. The van der Waals surface area contributed by atoms with Crippen LogP contribution in [0.3, 0.4) is 0 Å². The maximum Gasteiger partial charge on any atom is 0.178 e. The van der Waals surface area contributed by atoms with Gasteiger partial charge in [0.15, 0.2) is 6.21 Å². The van der Waals surface area contributed by atoms with Crippen molar-refractivity contribution in [2.24, 2.45) is 16.7 Å². The Morgan fingerprint density at radius 2 is 1.87 bits per heavy atom. The molecule has 0 N–H and O–H groups in total. The Morgan fingerprint density at radius 1 is 1.26 bits per heavy atom. The molecule has 0 aliphatic heterocycles. The van der Waals surface area contributed by atoms with Crippen LogP contribution in [0.4, 0.5) is 0 Å². The molecule has 2 aliphatic carbocycles. The van der Waals surface area contributed by atoms with E-state index in [1.165, 1.54) is 9.80 Å². The van der Waals surface area contributed by atoms with Gasteiger partial charge >= 0.3 is 0 Å². The summed E-state index contributed by atoms with van der Waals surface area (Å²) in [6, 6.07) is 10.4. The first-order valence-electron chi connectivity index (χ1n) is 10.4. The molecule has 6 nitrogen and oxygen atoms in total. The van der Waals surface area contributed by atoms with Gasteiger partial charge in [-0.2, -0.15) is 0 Å². The van der Waals surface area contributed by atoms with E-state index in [1.54, 1.807) is 11.8 Å². The van der Waals surface area contributed by atoms with E-state index in [1.807, 2.05) is 48.1 Å². The Labute approximate surface area is 191 Å². The Bertz CT molecular complexity index is 949. The van der Waals surface area contributed by atoms with Gasteiger partial charge in [0.25, 0.3) is 0 Å². The first-order chi connectivity index (χ1) is 14.3. The molecule has 1 aromatic rings. The van der Waals surface area contributed by atoms with Crippen molar-refractivity contribution in [1.29, 1.82) is 0 Å². The molecule has 2 bridgehead atoms. The Morgan fingerprint density at radius 3 is 2.29 bits per heavy atom. The fourth-order valence-electron chi connectivity index (χ4n) is 4.63. The highest BCUT2D eigenvalue weighted by Gasteiger charge is 2.64. The zero-order chi connectivity index (χ0) is 23.4. The quantitative estimate of drug-likeness (QED) is 0.276. The molecule has 1 aromatic carbocycles. The van der Waals surface area contributed by atoms with Gasteiger partial charge in [0.05, 0.1) is 20.8 Å². The van der Waals surface area contributed by atoms with Crippen LogP contribution >= 0.6 is 11.8 Å². The van der Waals surface area contributed by atoms with Crippen LogP contribution in [0.15, 0.2) is 46.3 Å². The standard InChI is InChI=1S/C13H19N2S.C10H16O4S/c1-14(2)10-13(11-15(3)4)16-12-8-6-5-7-9-12;1-9(2)7-3-4-10(9,8(11)5-7)6-15(12,13)14/h5-11H,1-4H3;7H,3-6H2,1-2H3,(H,12,13,14)/q+1;/p-1. The van der Waals surface area contributed by atoms with Crippen molar-refractivity contribution in [1.82, 2.24) is 4.90 Å². The van der Waals surface area contributed by atoms with Crippen LogP contribution in [0.2, 0.25) is 0 Å². The molecular formula is C23H34N2O4S2. The highest BCUT2D eigenvalue weighted by molar-refractivity contribution is 8.03. The van der Waals surface area contributed by atoms with Crippen molar-refractivity contribution >= 4 is 33.9 Å². The second kappa shape index (κ2) is 9.88. The van der Waals surface area contributed by atoms with Crippen molar-refractivity contribution in [3.63, 3.8) is 0 Å². The molecule has 0 radical (unpaired) electrons. The van der Waals surface area contributed by atoms with Crippen molar-refractivity contribution in [3.05, 3.63) is 41.4 Å². The molecule has 3 rings (SSSR count). The van der Waals surface area contributed by atoms with Gasteiger partial charge in [-0.05, 0) is 36.3 Å². The normalized spacial score (nSPS) is 24.4. The fourth-order valence-corrected chi connectivity index (χ4v) is 7.00. The minimum Gasteiger partial charge on any atom is -0.748 e. The van der Waals surface area contributed by atoms with Gasteiger partial charge in [0.1, 0.15) is 19.9 Å². The third-order valence-corrected chi connectivity index (χ3v) is 8.11. The second-order valence-electron chi connectivity index (χ2n) is 9.37. The largest absolute Gasteiger partial charge is 0.748 e. The van der Waals surface area contributed by atoms with Crippen molar-refractivity contribution in [3.8, 4) is 0 Å². The lowest BCUT2D eigenvalue weighted by molar-refractivity contribution is -0.458. The molecular weight excluding hydrogens is 432 g/mol. The number of carbonyl (C=O) groups is 1. The van der Waals surface area contributed by atoms with E-state index >= 15 is 0 Å². The summed E-state index contributed by atoms with van der Waals surface area (Å²) < 4.78 is 34.7. The monoisotopic (exact) mass is 466 g/mol. The number of ketones is 1. The molecule has 2 aliphatic rings. The van der Waals surface area contributed by atoms with Crippen LogP contribution < -0.4 is 0 Å². The third-order valence-electron chi connectivity index (χ3n) is 6.31. The summed E-state index contributed by atoms with van der Waals surface area (Å²) >= 11 is 1.77. The average molecular weight is 467 g/mol. The molecule has 0 saturated heterocycles. The summed E-state index contributed by atoms with van der Waals surface area (Å²) in [6.07, 6.45) is 6.12. The predicted octanol–water partition coefficient (Wildman–Crippen LogP) is 3.45. The van der Waals surface area contributed by atoms with Gasteiger partial charge in [-0.15, -0.1) is 0 Å². The molecule has 0 spiro atoms. The second-order valence-corrected chi connectivity index (χ2v) is 11.9. The fraction of sp³-hybridized carbons (Fsp3) is 0.565. The molecule has 2 unspecified atom stereocenters. The molecule has 0 heterocycles. The number of benzene rings is 1. The summed E-state index contributed by atoms with van der Waals surface area (Å²) in [5, 5.41) is 0. The molecule has 172 valence electrons. The maximum absolute atomic E-state index is 11.8. The maximum atomic E-state index is 11.8. The Balaban J connectivity index is 0.000000220. The van der Waals surface area contributed by atoms with Gasteiger partial charge < -0.3 is 9.45 Å².